The molecule has 0 aromatic heterocycles. The van der Waals surface area contributed by atoms with Gasteiger partial charge in [0.25, 0.3) is 0 Å². The summed E-state index contributed by atoms with van der Waals surface area (Å²) in [7, 11) is -3.49. The van der Waals surface area contributed by atoms with Gasteiger partial charge in [-0.05, 0) is 171 Å². The topological polar surface area (TPSA) is 0 Å². The molecule has 98 heavy (non-hydrogen) atoms. The zero-order valence-electron chi connectivity index (χ0n) is 63.4. The molecule has 0 saturated carbocycles. The first kappa shape index (κ1) is 81.1. The molecule has 0 heterocycles. The predicted octanol–water partition coefficient (Wildman–Crippen LogP) is 12.4. The molecule has 0 bridgehead atoms. The van der Waals surface area contributed by atoms with Gasteiger partial charge in [-0.3, -0.25) is 0 Å². The summed E-state index contributed by atoms with van der Waals surface area (Å²) in [4.78, 5) is 0. The molecule has 10 rings (SSSR count). The van der Waals surface area contributed by atoms with E-state index < -0.39 is 8.07 Å². The maximum absolute atomic E-state index is 3.49. The maximum Gasteiger partial charge on any atom is 4.00 e. The molecule has 0 amide bonds. The Morgan fingerprint density at radius 2 is 0.367 bits per heavy atom. The summed E-state index contributed by atoms with van der Waals surface area (Å²) in [5.41, 5.74) is 30.4. The summed E-state index contributed by atoms with van der Waals surface area (Å²) < 4.78 is 0. The molecule has 0 saturated heterocycles. The van der Waals surface area contributed by atoms with E-state index in [4.69, 9.17) is 0 Å². The average molecular weight is 1410 g/mol. The van der Waals surface area contributed by atoms with E-state index in [1.807, 2.05) is 0 Å². The molecule has 5 heteroatoms. The second-order valence-corrected chi connectivity index (χ2v) is 38.2. The van der Waals surface area contributed by atoms with E-state index in [-0.39, 0.29) is 91.4 Å². The Bertz CT molecular complexity index is 3610. The third-order valence-corrected chi connectivity index (χ3v) is 25.6. The van der Waals surface area contributed by atoms with E-state index in [9.17, 15) is 0 Å². The monoisotopic (exact) mass is 1410 g/mol. The fourth-order valence-corrected chi connectivity index (χ4v) is 20.2. The largest absolute Gasteiger partial charge is 4.00 e. The molecule has 0 aliphatic heterocycles. The first-order valence-electron chi connectivity index (χ1n) is 35.1. The van der Waals surface area contributed by atoms with Gasteiger partial charge in [0, 0.05) is 0 Å². The van der Waals surface area contributed by atoms with E-state index in [1.165, 1.54) is 143 Å². The SMILES string of the molecule is Cc1c(C)c(C)[c-]([Si](c2cc(Cc3ccc(C(C)(C)C)cc3)cc(Cc3ccc(C(C)(C)C)cc3)c2)(c2cc(Cc3ccc(C(C)(C)C)cc3)cc(Cc3ccc(C(C)(C)C)cc3)c2)c2cc(Cc3ccc(C(C)(C)C)cc3)cc(Cc3ccc(C(C)(C)C)cc3)c2)c1C.[Cl-].[Cl-].[Cl-].[Ti+4]. The van der Waals surface area contributed by atoms with Crippen LogP contribution in [0.25, 0.3) is 0 Å². The molecule has 0 aliphatic carbocycles. The number of hydrogen-bond acceptors (Lipinski definition) is 0. The summed E-state index contributed by atoms with van der Waals surface area (Å²) in [6.45, 7) is 51.6. The molecular formula is C93H111Cl3SiTi. The van der Waals surface area contributed by atoms with Gasteiger partial charge < -0.3 is 37.2 Å². The Hall–Kier alpha value is -5.87. The normalized spacial score (nSPS) is 12.3. The molecule has 0 unspecified atom stereocenters. The van der Waals surface area contributed by atoms with Crippen LogP contribution in [0.4, 0.5) is 0 Å². The molecule has 0 radical (unpaired) electrons. The maximum atomic E-state index is 2.71. The minimum atomic E-state index is -3.49. The van der Waals surface area contributed by atoms with Crippen molar-refractivity contribution in [2.45, 2.75) is 223 Å². The van der Waals surface area contributed by atoms with E-state index in [2.05, 4.69) is 353 Å². The van der Waals surface area contributed by atoms with Crippen LogP contribution in [0.3, 0.4) is 0 Å². The van der Waals surface area contributed by atoms with Crippen LogP contribution in [0, 0.1) is 27.7 Å². The fourth-order valence-electron chi connectivity index (χ4n) is 14.4. The van der Waals surface area contributed by atoms with Gasteiger partial charge in [0.1, 0.15) is 8.07 Å². The van der Waals surface area contributed by atoms with Crippen molar-refractivity contribution in [1.82, 2.24) is 0 Å². The van der Waals surface area contributed by atoms with Gasteiger partial charge in [-0.15, -0.1) is 5.19 Å². The molecule has 0 fully saturated rings. The Kier molecular flexibility index (Phi) is 26.1. The van der Waals surface area contributed by atoms with Crippen molar-refractivity contribution >= 4 is 28.8 Å². The molecule has 0 spiro atoms. The van der Waals surface area contributed by atoms with Gasteiger partial charge in [-0.1, -0.05) is 368 Å². The summed E-state index contributed by atoms with van der Waals surface area (Å²) in [6.07, 6.45) is 4.98. The Labute approximate surface area is 628 Å². The van der Waals surface area contributed by atoms with Crippen molar-refractivity contribution in [3.05, 3.63) is 323 Å². The van der Waals surface area contributed by atoms with Crippen molar-refractivity contribution in [1.29, 1.82) is 0 Å². The Morgan fingerprint density at radius 3 is 0.500 bits per heavy atom. The van der Waals surface area contributed by atoms with Crippen molar-refractivity contribution in [2.75, 3.05) is 0 Å². The molecule has 0 aliphatic rings. The summed E-state index contributed by atoms with van der Waals surface area (Å²) in [5.74, 6) is 0. The summed E-state index contributed by atoms with van der Waals surface area (Å²) in [6, 6.07) is 81.2. The van der Waals surface area contributed by atoms with Crippen LogP contribution >= 0.6 is 0 Å². The van der Waals surface area contributed by atoms with E-state index in [0.717, 1.165) is 38.5 Å². The van der Waals surface area contributed by atoms with E-state index >= 15 is 0 Å². The van der Waals surface area contributed by atoms with Gasteiger partial charge in [0.2, 0.25) is 0 Å². The number of rotatable bonds is 16. The van der Waals surface area contributed by atoms with Gasteiger partial charge in [0.15, 0.2) is 0 Å². The quantitative estimate of drug-likeness (QED) is 0.0514. The Balaban J connectivity index is 0.00000379. The molecule has 10 aromatic rings. The number of benzene rings is 9. The molecule has 0 atom stereocenters. The third kappa shape index (κ3) is 19.0. The van der Waals surface area contributed by atoms with Crippen LogP contribution in [0.5, 0.6) is 0 Å². The van der Waals surface area contributed by atoms with E-state index in [1.54, 1.807) is 0 Å². The zero-order chi connectivity index (χ0) is 68.1. The van der Waals surface area contributed by atoms with Crippen LogP contribution in [-0.2, 0) is 92.7 Å². The fraction of sp³-hybridized carbons (Fsp3) is 0.366. The smallest absolute Gasteiger partial charge is 1.00 e. The summed E-state index contributed by atoms with van der Waals surface area (Å²) >= 11 is 0. The van der Waals surface area contributed by atoms with Gasteiger partial charge in [-0.2, -0.15) is 22.3 Å². The molecular weight excluding hydrogens is 1300 g/mol. The van der Waals surface area contributed by atoms with Gasteiger partial charge >= 0.3 is 21.7 Å². The van der Waals surface area contributed by atoms with Crippen molar-refractivity contribution in [3.63, 3.8) is 0 Å². The predicted molar refractivity (Wildman–Crippen MR) is 412 cm³/mol. The van der Waals surface area contributed by atoms with Crippen LogP contribution in [-0.4, -0.2) is 8.07 Å². The van der Waals surface area contributed by atoms with Crippen molar-refractivity contribution < 1.29 is 58.9 Å². The minimum Gasteiger partial charge on any atom is -1.00 e. The van der Waals surface area contributed by atoms with Crippen LogP contribution in [0.2, 0.25) is 0 Å². The minimum absolute atomic E-state index is 0. The number of halogens is 3. The zero-order valence-corrected chi connectivity index (χ0v) is 68.3. The van der Waals surface area contributed by atoms with Crippen LogP contribution < -0.4 is 58.0 Å². The molecule has 0 nitrogen and oxygen atoms in total. The third-order valence-electron chi connectivity index (χ3n) is 20.6. The Morgan fingerprint density at radius 1 is 0.224 bits per heavy atom. The standard InChI is InChI=1S/C93H111Si.3ClH.Ti/c1-62-63(2)65(4)87(64(62)3)94(84-56-72(47-66-23-35-78(36-24-66)88(5,6)7)53-73(57-84)48-67-25-37-79(38-26-67)89(8,9)10,85-58-74(49-68-27-39-80(40-28-68)90(11,12)13)54-75(59-85)50-69-29-41-81(42-30-69)91(14,15)16)86-60-76(51-70-31-43-82(44-32-70)92(17,18)19)55-77(61-86)52-71-33-45-83(46-34-71)93(20,21)22;;;;/h23-46,53-61H,47-52H2,1-22H3;3*1H;/q-1;;;;+4/p-3. The second kappa shape index (κ2) is 31.6. The first-order chi connectivity index (χ1) is 43.9. The average Bonchev–Trinajstić information content (AvgIpc) is 1.37. The summed E-state index contributed by atoms with van der Waals surface area (Å²) in [5, 5.41) is 5.89. The van der Waals surface area contributed by atoms with Crippen molar-refractivity contribution in [2.24, 2.45) is 0 Å². The van der Waals surface area contributed by atoms with Crippen LogP contribution in [0.15, 0.2) is 200 Å². The van der Waals surface area contributed by atoms with E-state index in [0.29, 0.717) is 0 Å². The van der Waals surface area contributed by atoms with Gasteiger partial charge in [-0.25, -0.2) is 0 Å². The van der Waals surface area contributed by atoms with Gasteiger partial charge in [0.05, 0.1) is 0 Å². The molecule has 0 N–H and O–H groups in total. The number of hydrogen-bond donors (Lipinski definition) is 0. The van der Waals surface area contributed by atoms with Crippen LogP contribution in [0.1, 0.15) is 247 Å². The molecule has 512 valence electrons. The van der Waals surface area contributed by atoms with Crippen molar-refractivity contribution in [3.8, 4) is 0 Å². The molecule has 10 aromatic carbocycles. The second-order valence-electron chi connectivity index (χ2n) is 34.5. The first-order valence-corrected chi connectivity index (χ1v) is 37.1.